The third-order valence-corrected chi connectivity index (χ3v) is 3.01. The minimum atomic E-state index is -0.645. The van der Waals surface area contributed by atoms with Gasteiger partial charge in [0.2, 0.25) is 17.1 Å². The average Bonchev–Trinajstić information content (AvgIpc) is 2.54. The second-order valence-electron chi connectivity index (χ2n) is 4.73. The molecule has 0 fully saturated rings. The second-order valence-corrected chi connectivity index (χ2v) is 4.73. The maximum Gasteiger partial charge on any atom is 0.291 e. The SMILES string of the molecule is COc1ccc(NC(C)=O)cc1NC(=O)c1cc(=O)c(OC)co1. The van der Waals surface area contributed by atoms with Crippen molar-refractivity contribution in [1.29, 1.82) is 0 Å². The van der Waals surface area contributed by atoms with E-state index in [1.54, 1.807) is 12.1 Å². The van der Waals surface area contributed by atoms with Gasteiger partial charge in [-0.05, 0) is 18.2 Å². The van der Waals surface area contributed by atoms with E-state index in [0.29, 0.717) is 17.1 Å². The fraction of sp³-hybridized carbons (Fsp3) is 0.188. The van der Waals surface area contributed by atoms with Gasteiger partial charge in [-0.15, -0.1) is 0 Å². The van der Waals surface area contributed by atoms with E-state index < -0.39 is 11.3 Å². The summed E-state index contributed by atoms with van der Waals surface area (Å²) in [6.07, 6.45) is 1.06. The van der Waals surface area contributed by atoms with Crippen LogP contribution in [0.1, 0.15) is 17.5 Å². The van der Waals surface area contributed by atoms with Gasteiger partial charge >= 0.3 is 0 Å². The minimum absolute atomic E-state index is 0.00298. The second kappa shape index (κ2) is 7.32. The molecule has 1 aromatic heterocycles. The number of amides is 2. The maximum absolute atomic E-state index is 12.2. The molecular formula is C16H16N2O6. The van der Waals surface area contributed by atoms with Crippen molar-refractivity contribution in [2.75, 3.05) is 24.9 Å². The van der Waals surface area contributed by atoms with Crippen molar-refractivity contribution in [3.05, 3.63) is 46.5 Å². The molecular weight excluding hydrogens is 316 g/mol. The van der Waals surface area contributed by atoms with E-state index in [4.69, 9.17) is 13.9 Å². The van der Waals surface area contributed by atoms with E-state index in [1.807, 2.05) is 0 Å². The van der Waals surface area contributed by atoms with Crippen LogP contribution in [-0.2, 0) is 4.79 Å². The molecule has 0 atom stereocenters. The zero-order valence-electron chi connectivity index (χ0n) is 13.3. The number of benzene rings is 1. The van der Waals surface area contributed by atoms with Crippen molar-refractivity contribution < 1.29 is 23.5 Å². The molecule has 8 nitrogen and oxygen atoms in total. The number of anilines is 2. The molecule has 2 amide bonds. The van der Waals surface area contributed by atoms with Gasteiger partial charge < -0.3 is 24.5 Å². The van der Waals surface area contributed by atoms with Crippen molar-refractivity contribution in [2.45, 2.75) is 6.92 Å². The summed E-state index contributed by atoms with van der Waals surface area (Å²) in [6, 6.07) is 5.77. The highest BCUT2D eigenvalue weighted by atomic mass is 16.5. The van der Waals surface area contributed by atoms with Crippen molar-refractivity contribution in [3.63, 3.8) is 0 Å². The Morgan fingerprint density at radius 2 is 1.75 bits per heavy atom. The Balaban J connectivity index is 2.28. The van der Waals surface area contributed by atoms with Gasteiger partial charge in [-0.3, -0.25) is 14.4 Å². The first-order valence-electron chi connectivity index (χ1n) is 6.88. The average molecular weight is 332 g/mol. The Labute approximate surface area is 137 Å². The Kier molecular flexibility index (Phi) is 5.20. The lowest BCUT2D eigenvalue weighted by molar-refractivity contribution is -0.114. The molecule has 0 bridgehead atoms. The zero-order chi connectivity index (χ0) is 17.7. The topological polar surface area (TPSA) is 107 Å². The molecule has 1 aromatic carbocycles. The van der Waals surface area contributed by atoms with Crippen molar-refractivity contribution in [1.82, 2.24) is 0 Å². The van der Waals surface area contributed by atoms with Gasteiger partial charge in [0.25, 0.3) is 5.91 Å². The van der Waals surface area contributed by atoms with Crippen LogP contribution in [0.5, 0.6) is 11.5 Å². The number of nitrogens with one attached hydrogen (secondary N) is 2. The van der Waals surface area contributed by atoms with Crippen LogP contribution in [0, 0.1) is 0 Å². The van der Waals surface area contributed by atoms with Crippen LogP contribution in [0.4, 0.5) is 11.4 Å². The lowest BCUT2D eigenvalue weighted by atomic mass is 10.2. The van der Waals surface area contributed by atoms with Crippen LogP contribution in [0.25, 0.3) is 0 Å². The molecule has 0 spiro atoms. The van der Waals surface area contributed by atoms with Gasteiger partial charge in [-0.1, -0.05) is 0 Å². The maximum atomic E-state index is 12.2. The van der Waals surface area contributed by atoms with Crippen LogP contribution in [0.15, 0.2) is 39.7 Å². The summed E-state index contributed by atoms with van der Waals surface area (Å²) in [5.74, 6) is -0.704. The van der Waals surface area contributed by atoms with Gasteiger partial charge in [0.05, 0.1) is 19.9 Å². The first-order valence-corrected chi connectivity index (χ1v) is 6.88. The highest BCUT2D eigenvalue weighted by Gasteiger charge is 2.15. The Bertz CT molecular complexity index is 828. The monoisotopic (exact) mass is 332 g/mol. The van der Waals surface area contributed by atoms with Gasteiger partial charge in [0.1, 0.15) is 12.0 Å². The number of hydrogen-bond donors (Lipinski definition) is 2. The highest BCUT2D eigenvalue weighted by Crippen LogP contribution is 2.28. The molecule has 24 heavy (non-hydrogen) atoms. The van der Waals surface area contributed by atoms with Crippen molar-refractivity contribution in [2.24, 2.45) is 0 Å². The van der Waals surface area contributed by atoms with Gasteiger partial charge in [0.15, 0.2) is 5.76 Å². The number of methoxy groups -OCH3 is 2. The summed E-state index contributed by atoms with van der Waals surface area (Å²) >= 11 is 0. The van der Waals surface area contributed by atoms with E-state index in [2.05, 4.69) is 10.6 Å². The number of hydrogen-bond acceptors (Lipinski definition) is 6. The molecule has 8 heteroatoms. The number of ether oxygens (including phenoxy) is 2. The summed E-state index contributed by atoms with van der Waals surface area (Å²) in [5.41, 5.74) is 0.315. The molecule has 1 heterocycles. The minimum Gasteiger partial charge on any atom is -0.495 e. The first kappa shape index (κ1) is 17.1. The molecule has 2 aromatic rings. The zero-order valence-corrected chi connectivity index (χ0v) is 13.3. The van der Waals surface area contributed by atoms with E-state index in [-0.39, 0.29) is 17.4 Å². The van der Waals surface area contributed by atoms with Crippen LogP contribution < -0.4 is 25.5 Å². The Morgan fingerprint density at radius 1 is 1.04 bits per heavy atom. The quantitative estimate of drug-likeness (QED) is 0.865. The molecule has 0 saturated carbocycles. The van der Waals surface area contributed by atoms with Crippen LogP contribution in [0.3, 0.4) is 0 Å². The van der Waals surface area contributed by atoms with Gasteiger partial charge in [-0.25, -0.2) is 0 Å². The van der Waals surface area contributed by atoms with Crippen LogP contribution in [-0.4, -0.2) is 26.0 Å². The lowest BCUT2D eigenvalue weighted by Gasteiger charge is -2.12. The molecule has 126 valence electrons. The summed E-state index contributed by atoms with van der Waals surface area (Å²) in [5, 5.41) is 5.17. The van der Waals surface area contributed by atoms with E-state index in [1.165, 1.54) is 27.2 Å². The van der Waals surface area contributed by atoms with Gasteiger partial charge in [0, 0.05) is 18.7 Å². The molecule has 0 unspecified atom stereocenters. The van der Waals surface area contributed by atoms with Crippen molar-refractivity contribution in [3.8, 4) is 11.5 Å². The molecule has 0 aliphatic carbocycles. The molecule has 0 aliphatic heterocycles. The number of carbonyl (C=O) groups excluding carboxylic acids is 2. The predicted molar refractivity (Wildman–Crippen MR) is 86.8 cm³/mol. The summed E-state index contributed by atoms with van der Waals surface area (Å²) in [6.45, 7) is 1.37. The Hall–Kier alpha value is -3.29. The number of carbonyl (C=O) groups is 2. The summed E-state index contributed by atoms with van der Waals surface area (Å²) in [4.78, 5) is 35.1. The summed E-state index contributed by atoms with van der Waals surface area (Å²) < 4.78 is 15.0. The smallest absolute Gasteiger partial charge is 0.291 e. The predicted octanol–water partition coefficient (Wildman–Crippen LogP) is 1.87. The molecule has 2 rings (SSSR count). The fourth-order valence-electron chi connectivity index (χ4n) is 1.94. The van der Waals surface area contributed by atoms with E-state index >= 15 is 0 Å². The van der Waals surface area contributed by atoms with Crippen LogP contribution >= 0.6 is 0 Å². The molecule has 0 saturated heterocycles. The van der Waals surface area contributed by atoms with E-state index in [0.717, 1.165) is 12.3 Å². The summed E-state index contributed by atoms with van der Waals surface area (Å²) in [7, 11) is 2.76. The first-order chi connectivity index (χ1) is 11.4. The third-order valence-electron chi connectivity index (χ3n) is 3.01. The van der Waals surface area contributed by atoms with Gasteiger partial charge in [-0.2, -0.15) is 0 Å². The van der Waals surface area contributed by atoms with Crippen LogP contribution in [0.2, 0.25) is 0 Å². The number of rotatable bonds is 5. The van der Waals surface area contributed by atoms with Crippen molar-refractivity contribution >= 4 is 23.2 Å². The standard InChI is InChI=1S/C16H16N2O6/c1-9(19)17-10-4-5-13(22-2)11(6-10)18-16(21)14-7-12(20)15(23-3)8-24-14/h4-8H,1-3H3,(H,17,19)(H,18,21). The normalized spacial score (nSPS) is 9.96. The third kappa shape index (κ3) is 3.92. The lowest BCUT2D eigenvalue weighted by Crippen LogP contribution is -2.16. The van der Waals surface area contributed by atoms with E-state index in [9.17, 15) is 14.4 Å². The molecule has 2 N–H and O–H groups in total. The fourth-order valence-corrected chi connectivity index (χ4v) is 1.94. The Morgan fingerprint density at radius 3 is 2.33 bits per heavy atom. The molecule has 0 radical (unpaired) electrons. The highest BCUT2D eigenvalue weighted by molar-refractivity contribution is 6.03. The largest absolute Gasteiger partial charge is 0.495 e. The molecule has 0 aliphatic rings.